The third-order valence-electron chi connectivity index (χ3n) is 3.19. The third kappa shape index (κ3) is 2.35. The van der Waals surface area contributed by atoms with Crippen molar-refractivity contribution >= 4 is 35.1 Å². The lowest BCUT2D eigenvalue weighted by Crippen LogP contribution is -2.42. The molecule has 0 spiro atoms. The van der Waals surface area contributed by atoms with Crippen LogP contribution >= 0.6 is 23.2 Å². The van der Waals surface area contributed by atoms with Crippen molar-refractivity contribution in [3.05, 3.63) is 27.7 Å². The minimum atomic E-state index is -1.53. The van der Waals surface area contributed by atoms with Crippen LogP contribution in [-0.2, 0) is 15.0 Å². The van der Waals surface area contributed by atoms with Crippen molar-refractivity contribution in [2.75, 3.05) is 6.61 Å². The van der Waals surface area contributed by atoms with E-state index in [1.54, 1.807) is 0 Å². The van der Waals surface area contributed by atoms with Gasteiger partial charge in [0.05, 0.1) is 23.1 Å². The Bertz CT molecular complexity index is 557. The lowest BCUT2D eigenvalue weighted by atomic mass is 9.73. The van der Waals surface area contributed by atoms with E-state index in [2.05, 4.69) is 0 Å². The molecular formula is C12H10Cl2O5. The molecule has 0 amide bonds. The summed E-state index contributed by atoms with van der Waals surface area (Å²) in [6.07, 6.45) is -0.462. The van der Waals surface area contributed by atoms with E-state index < -0.39 is 23.8 Å². The summed E-state index contributed by atoms with van der Waals surface area (Å²) in [6, 6.07) is 2.79. The Morgan fingerprint density at radius 3 is 2.47 bits per heavy atom. The normalized spacial score (nSPS) is 21.4. The molecule has 1 heterocycles. The first-order valence-electron chi connectivity index (χ1n) is 5.44. The lowest BCUT2D eigenvalue weighted by molar-refractivity contribution is -0.151. The van der Waals surface area contributed by atoms with E-state index in [0.717, 1.165) is 0 Å². The van der Waals surface area contributed by atoms with Crippen molar-refractivity contribution in [3.8, 4) is 5.75 Å². The van der Waals surface area contributed by atoms with E-state index in [1.807, 2.05) is 0 Å². The molecule has 0 bridgehead atoms. The highest BCUT2D eigenvalue weighted by molar-refractivity contribution is 6.42. The maximum atomic E-state index is 11.6. The number of ether oxygens (including phenoxy) is 1. The number of carbonyl (C=O) groups is 2. The summed E-state index contributed by atoms with van der Waals surface area (Å²) in [5.74, 6) is -2.14. The molecule has 0 aliphatic carbocycles. The Balaban J connectivity index is 2.63. The van der Waals surface area contributed by atoms with E-state index in [4.69, 9.17) is 33.0 Å². The summed E-state index contributed by atoms with van der Waals surface area (Å²) in [4.78, 5) is 22.6. The largest absolute Gasteiger partial charge is 0.493 e. The number of fused-ring (bicyclic) bond motifs is 1. The van der Waals surface area contributed by atoms with E-state index in [-0.39, 0.29) is 34.4 Å². The van der Waals surface area contributed by atoms with Gasteiger partial charge in [-0.25, -0.2) is 0 Å². The number of rotatable bonds is 3. The molecule has 0 fully saturated rings. The van der Waals surface area contributed by atoms with Crippen LogP contribution in [0, 0.1) is 0 Å². The summed E-state index contributed by atoms with van der Waals surface area (Å²) in [5, 5.41) is 18.8. The molecule has 0 radical (unpaired) electrons. The minimum Gasteiger partial charge on any atom is -0.493 e. The second-order valence-corrected chi connectivity index (χ2v) is 5.13. The molecule has 19 heavy (non-hydrogen) atoms. The Morgan fingerprint density at radius 2 is 1.89 bits per heavy atom. The van der Waals surface area contributed by atoms with Gasteiger partial charge in [-0.1, -0.05) is 23.2 Å². The van der Waals surface area contributed by atoms with Crippen LogP contribution in [0.5, 0.6) is 5.75 Å². The fraction of sp³-hybridized carbons (Fsp3) is 0.333. The van der Waals surface area contributed by atoms with E-state index >= 15 is 0 Å². The van der Waals surface area contributed by atoms with Gasteiger partial charge in [-0.3, -0.25) is 9.59 Å². The van der Waals surface area contributed by atoms with Gasteiger partial charge in [0.1, 0.15) is 11.2 Å². The van der Waals surface area contributed by atoms with Gasteiger partial charge in [0.25, 0.3) is 0 Å². The van der Waals surface area contributed by atoms with Gasteiger partial charge >= 0.3 is 11.9 Å². The van der Waals surface area contributed by atoms with Crippen LogP contribution in [0.3, 0.4) is 0 Å². The number of aliphatic carboxylic acids is 2. The molecule has 0 saturated carbocycles. The van der Waals surface area contributed by atoms with E-state index in [0.29, 0.717) is 0 Å². The average Bonchev–Trinajstić information content (AvgIpc) is 2.30. The number of benzene rings is 1. The van der Waals surface area contributed by atoms with Gasteiger partial charge in [-0.15, -0.1) is 0 Å². The highest BCUT2D eigenvalue weighted by Gasteiger charge is 2.47. The Morgan fingerprint density at radius 1 is 1.26 bits per heavy atom. The lowest BCUT2D eigenvalue weighted by Gasteiger charge is -2.34. The zero-order chi connectivity index (χ0) is 14.2. The van der Waals surface area contributed by atoms with Crippen LogP contribution in [0.15, 0.2) is 12.1 Å². The molecule has 1 unspecified atom stereocenters. The number of halogens is 2. The maximum absolute atomic E-state index is 11.6. The molecule has 1 aliphatic rings. The summed E-state index contributed by atoms with van der Waals surface area (Å²) < 4.78 is 5.35. The van der Waals surface area contributed by atoms with Gasteiger partial charge in [-0.2, -0.15) is 0 Å². The number of carboxylic acids is 2. The Labute approximate surface area is 118 Å². The van der Waals surface area contributed by atoms with Crippen molar-refractivity contribution in [1.29, 1.82) is 0 Å². The first kappa shape index (κ1) is 14.0. The SMILES string of the molecule is O=C(O)CC1(C(=O)O)CCOc2cc(Cl)c(Cl)cc21. The monoisotopic (exact) mass is 304 g/mol. The van der Waals surface area contributed by atoms with Gasteiger partial charge in [0.2, 0.25) is 0 Å². The van der Waals surface area contributed by atoms with Crippen LogP contribution in [0.1, 0.15) is 18.4 Å². The van der Waals surface area contributed by atoms with Gasteiger partial charge < -0.3 is 14.9 Å². The first-order valence-corrected chi connectivity index (χ1v) is 6.20. The van der Waals surface area contributed by atoms with Gasteiger partial charge in [-0.05, 0) is 6.07 Å². The quantitative estimate of drug-likeness (QED) is 0.896. The molecular weight excluding hydrogens is 295 g/mol. The van der Waals surface area contributed by atoms with Gasteiger partial charge in [0.15, 0.2) is 0 Å². The van der Waals surface area contributed by atoms with Crippen LogP contribution in [0.2, 0.25) is 10.0 Å². The average molecular weight is 305 g/mol. The van der Waals surface area contributed by atoms with Crippen molar-refractivity contribution in [1.82, 2.24) is 0 Å². The third-order valence-corrected chi connectivity index (χ3v) is 3.91. The molecule has 0 saturated heterocycles. The molecule has 1 atom stereocenters. The molecule has 7 heteroatoms. The highest BCUT2D eigenvalue weighted by Crippen LogP contribution is 2.44. The van der Waals surface area contributed by atoms with Gasteiger partial charge in [0, 0.05) is 18.1 Å². The minimum absolute atomic E-state index is 0.0690. The zero-order valence-corrected chi connectivity index (χ0v) is 11.2. The molecule has 0 aromatic heterocycles. The Kier molecular flexibility index (Phi) is 3.60. The number of hydrogen-bond donors (Lipinski definition) is 2. The summed E-state index contributed by atoms with van der Waals surface area (Å²) in [6.45, 7) is 0.116. The first-order chi connectivity index (χ1) is 8.86. The van der Waals surface area contributed by atoms with Crippen molar-refractivity contribution < 1.29 is 24.5 Å². The second-order valence-electron chi connectivity index (χ2n) is 4.32. The smallest absolute Gasteiger partial charge is 0.314 e. The van der Waals surface area contributed by atoms with Crippen molar-refractivity contribution in [2.45, 2.75) is 18.3 Å². The zero-order valence-electron chi connectivity index (χ0n) is 9.65. The maximum Gasteiger partial charge on any atom is 0.314 e. The molecule has 1 aromatic rings. The van der Waals surface area contributed by atoms with E-state index in [1.165, 1.54) is 12.1 Å². The molecule has 2 N–H and O–H groups in total. The van der Waals surface area contributed by atoms with Crippen molar-refractivity contribution in [2.24, 2.45) is 0 Å². The summed E-state index contributed by atoms with van der Waals surface area (Å²) in [7, 11) is 0. The summed E-state index contributed by atoms with van der Waals surface area (Å²) in [5.41, 5.74) is -1.28. The van der Waals surface area contributed by atoms with E-state index in [9.17, 15) is 14.7 Å². The molecule has 1 aromatic carbocycles. The van der Waals surface area contributed by atoms with Crippen molar-refractivity contribution in [3.63, 3.8) is 0 Å². The fourth-order valence-corrected chi connectivity index (χ4v) is 2.55. The Hall–Kier alpha value is -1.46. The molecule has 102 valence electrons. The van der Waals surface area contributed by atoms with Crippen LogP contribution < -0.4 is 4.74 Å². The van der Waals surface area contributed by atoms with Crippen LogP contribution in [-0.4, -0.2) is 28.8 Å². The number of carboxylic acid groups (broad SMARTS) is 2. The summed E-state index contributed by atoms with van der Waals surface area (Å²) >= 11 is 11.7. The second kappa shape index (κ2) is 4.90. The standard InChI is InChI=1S/C12H10Cl2O5/c13-7-3-6-9(4-8(7)14)19-2-1-12(6,11(17)18)5-10(15)16/h3-4H,1-2,5H2,(H,15,16)(H,17,18). The predicted octanol–water partition coefficient (Wildman–Crippen LogP) is 2.57. The predicted molar refractivity (Wildman–Crippen MR) is 68.1 cm³/mol. The number of hydrogen-bond acceptors (Lipinski definition) is 3. The highest BCUT2D eigenvalue weighted by atomic mass is 35.5. The van der Waals surface area contributed by atoms with Crippen LogP contribution in [0.25, 0.3) is 0 Å². The molecule has 5 nitrogen and oxygen atoms in total. The molecule has 1 aliphatic heterocycles. The fourth-order valence-electron chi connectivity index (χ4n) is 2.23. The topological polar surface area (TPSA) is 83.8 Å². The van der Waals surface area contributed by atoms with Crippen LogP contribution in [0.4, 0.5) is 0 Å². The molecule has 2 rings (SSSR count).